The molecule has 0 spiro atoms. The summed E-state index contributed by atoms with van der Waals surface area (Å²) in [6, 6.07) is 3.43. The predicted molar refractivity (Wildman–Crippen MR) is 135 cm³/mol. The zero-order valence-electron chi connectivity index (χ0n) is 22.3. The quantitative estimate of drug-likeness (QED) is 0.373. The maximum Gasteiger partial charge on any atom is 0.308 e. The summed E-state index contributed by atoms with van der Waals surface area (Å²) in [5, 5.41) is 11.9. The number of carbonyl (C=O) groups excluding carboxylic acids is 1. The summed E-state index contributed by atoms with van der Waals surface area (Å²) in [7, 11) is 1.56. The van der Waals surface area contributed by atoms with Crippen LogP contribution in [0.3, 0.4) is 0 Å². The van der Waals surface area contributed by atoms with E-state index in [1.807, 2.05) is 30.9 Å². The number of carbonyl (C=O) groups is 2. The maximum absolute atomic E-state index is 13.3. The summed E-state index contributed by atoms with van der Waals surface area (Å²) in [5.74, 6) is -0.0219. The van der Waals surface area contributed by atoms with Crippen molar-refractivity contribution in [1.82, 2.24) is 9.96 Å². The van der Waals surface area contributed by atoms with Crippen molar-refractivity contribution in [2.75, 3.05) is 40.1 Å². The fourth-order valence-electron chi connectivity index (χ4n) is 5.43. The van der Waals surface area contributed by atoms with Gasteiger partial charge >= 0.3 is 5.97 Å². The molecule has 0 saturated carbocycles. The number of ether oxygens (including phenoxy) is 3. The van der Waals surface area contributed by atoms with Crippen molar-refractivity contribution in [3.8, 4) is 17.2 Å². The highest BCUT2D eigenvalue weighted by Gasteiger charge is 2.48. The summed E-state index contributed by atoms with van der Waals surface area (Å²) in [6.45, 7) is 9.95. The van der Waals surface area contributed by atoms with E-state index in [0.29, 0.717) is 49.3 Å². The van der Waals surface area contributed by atoms with Crippen LogP contribution in [0.5, 0.6) is 17.2 Å². The Morgan fingerprint density at radius 1 is 1.19 bits per heavy atom. The number of aliphatic carboxylic acids is 1. The van der Waals surface area contributed by atoms with E-state index >= 15 is 0 Å². The minimum atomic E-state index is -0.854. The Labute approximate surface area is 214 Å². The average molecular weight is 507 g/mol. The van der Waals surface area contributed by atoms with Crippen molar-refractivity contribution in [3.63, 3.8) is 0 Å². The van der Waals surface area contributed by atoms with E-state index in [9.17, 15) is 14.7 Å². The Morgan fingerprint density at radius 2 is 1.97 bits per heavy atom. The molecule has 36 heavy (non-hydrogen) atoms. The first-order valence-corrected chi connectivity index (χ1v) is 13.2. The van der Waals surface area contributed by atoms with E-state index in [4.69, 9.17) is 19.0 Å². The van der Waals surface area contributed by atoms with Crippen molar-refractivity contribution in [2.24, 2.45) is 11.8 Å². The number of hydroxylamine groups is 2. The zero-order valence-corrected chi connectivity index (χ0v) is 22.3. The van der Waals surface area contributed by atoms with Gasteiger partial charge < -0.3 is 19.3 Å². The molecule has 4 unspecified atom stereocenters. The smallest absolute Gasteiger partial charge is 0.308 e. The van der Waals surface area contributed by atoms with Crippen LogP contribution in [-0.4, -0.2) is 73.1 Å². The topological polar surface area (TPSA) is 97.8 Å². The van der Waals surface area contributed by atoms with Crippen LogP contribution >= 0.6 is 0 Å². The average Bonchev–Trinajstić information content (AvgIpc) is 3.46. The molecule has 2 heterocycles. The van der Waals surface area contributed by atoms with E-state index in [1.54, 1.807) is 7.11 Å². The predicted octanol–water partition coefficient (Wildman–Crippen LogP) is 4.30. The van der Waals surface area contributed by atoms with Crippen molar-refractivity contribution in [2.45, 2.75) is 71.8 Å². The molecule has 3 rings (SSSR count). The molecule has 1 N–H and O–H groups in total. The number of hydrogen-bond donors (Lipinski definition) is 1. The van der Waals surface area contributed by atoms with Crippen LogP contribution in [0.2, 0.25) is 0 Å². The molecule has 1 saturated heterocycles. The molecule has 9 nitrogen and oxygen atoms in total. The molecule has 1 aromatic rings. The summed E-state index contributed by atoms with van der Waals surface area (Å²) < 4.78 is 16.7. The van der Waals surface area contributed by atoms with Crippen LogP contribution in [0.15, 0.2) is 12.1 Å². The molecule has 4 atom stereocenters. The van der Waals surface area contributed by atoms with Crippen LogP contribution in [0.4, 0.5) is 0 Å². The van der Waals surface area contributed by atoms with Gasteiger partial charge in [0, 0.05) is 25.0 Å². The van der Waals surface area contributed by atoms with Crippen LogP contribution in [0.25, 0.3) is 0 Å². The number of likely N-dealkylation sites (tertiary alicyclic amines) is 1. The normalized spacial score (nSPS) is 22.0. The second-order valence-corrected chi connectivity index (χ2v) is 9.88. The number of nitrogens with zero attached hydrogens (tertiary/aromatic N) is 2. The third-order valence-electron chi connectivity index (χ3n) is 7.06. The van der Waals surface area contributed by atoms with Crippen molar-refractivity contribution in [1.29, 1.82) is 0 Å². The second-order valence-electron chi connectivity index (χ2n) is 9.88. The van der Waals surface area contributed by atoms with Gasteiger partial charge in [0.15, 0.2) is 11.5 Å². The third kappa shape index (κ3) is 6.42. The van der Waals surface area contributed by atoms with Gasteiger partial charge in [-0.25, -0.2) is 5.06 Å². The first-order valence-electron chi connectivity index (χ1n) is 13.2. The van der Waals surface area contributed by atoms with Gasteiger partial charge in [0.05, 0.1) is 26.2 Å². The number of benzene rings is 1. The fraction of sp³-hybridized carbons (Fsp3) is 0.704. The zero-order chi connectivity index (χ0) is 26.2. The number of carboxylic acids is 1. The minimum Gasteiger partial charge on any atom is -0.493 e. The highest BCUT2D eigenvalue weighted by atomic mass is 16.7. The summed E-state index contributed by atoms with van der Waals surface area (Å²) in [5.41, 5.74) is 0.819. The number of amides is 1. The molecule has 0 aromatic heterocycles. The van der Waals surface area contributed by atoms with Crippen LogP contribution in [0.1, 0.15) is 71.3 Å². The molecule has 2 aliphatic heterocycles. The molecule has 0 bridgehead atoms. The largest absolute Gasteiger partial charge is 0.493 e. The Bertz CT molecular complexity index is 893. The fourth-order valence-corrected chi connectivity index (χ4v) is 5.43. The highest BCUT2D eigenvalue weighted by molar-refractivity contribution is 5.78. The molecule has 1 fully saturated rings. The molecule has 1 aromatic carbocycles. The number of fused-ring (bicyclic) bond motifs is 1. The molecular weight excluding hydrogens is 464 g/mol. The number of hydrogen-bond acceptors (Lipinski definition) is 7. The molecular formula is C27H42N2O7. The first kappa shape index (κ1) is 28.1. The second kappa shape index (κ2) is 13.1. The van der Waals surface area contributed by atoms with Crippen LogP contribution in [0, 0.1) is 11.8 Å². The SMILES string of the molecule is CCCON(CCC)C(=O)CN1CC(c2cc(OC)c3c(c2)OCO3)C(C(=O)O)C1CC(C)CCC. The Hall–Kier alpha value is -2.52. The lowest BCUT2D eigenvalue weighted by molar-refractivity contribution is -0.188. The van der Waals surface area contributed by atoms with Gasteiger partial charge in [-0.15, -0.1) is 0 Å². The Morgan fingerprint density at radius 3 is 2.61 bits per heavy atom. The van der Waals surface area contributed by atoms with Gasteiger partial charge in [-0.3, -0.25) is 19.3 Å². The lowest BCUT2D eigenvalue weighted by atomic mass is 9.81. The summed E-state index contributed by atoms with van der Waals surface area (Å²) in [4.78, 5) is 33.7. The first-order chi connectivity index (χ1) is 17.3. The van der Waals surface area contributed by atoms with E-state index in [0.717, 1.165) is 31.2 Å². The molecule has 9 heteroatoms. The lowest BCUT2D eigenvalue weighted by Gasteiger charge is -2.30. The molecule has 202 valence electrons. The monoisotopic (exact) mass is 506 g/mol. The van der Waals surface area contributed by atoms with Gasteiger partial charge in [0.2, 0.25) is 12.5 Å². The molecule has 0 radical (unpaired) electrons. The maximum atomic E-state index is 13.3. The lowest BCUT2D eigenvalue weighted by Crippen LogP contribution is -2.45. The van der Waals surface area contributed by atoms with Gasteiger partial charge in [-0.2, -0.15) is 0 Å². The number of carboxylic acid groups (broad SMARTS) is 1. The standard InChI is InChI=1S/C27H42N2O7/c1-6-9-18(4)12-21-25(27(31)32)20(19-13-22(33-5)26-23(14-19)34-17-35-26)15-28(21)16-24(30)29(10-7-2)36-11-8-3/h13-14,18,20-21,25H,6-12,15-17H2,1-5H3,(H,31,32). The van der Waals surface area contributed by atoms with Crippen LogP contribution < -0.4 is 14.2 Å². The van der Waals surface area contributed by atoms with Gasteiger partial charge in [0.25, 0.3) is 5.91 Å². The Balaban J connectivity index is 1.93. The molecule has 0 aliphatic carbocycles. The molecule has 2 aliphatic rings. The summed E-state index contributed by atoms with van der Waals surface area (Å²) >= 11 is 0. The van der Waals surface area contributed by atoms with E-state index in [-0.39, 0.29) is 31.2 Å². The number of methoxy groups -OCH3 is 1. The van der Waals surface area contributed by atoms with Crippen LogP contribution in [-0.2, 0) is 14.4 Å². The highest BCUT2D eigenvalue weighted by Crippen LogP contribution is 2.47. The minimum absolute atomic E-state index is 0.102. The van der Waals surface area contributed by atoms with E-state index < -0.39 is 11.9 Å². The van der Waals surface area contributed by atoms with E-state index in [2.05, 4.69) is 13.8 Å². The van der Waals surface area contributed by atoms with E-state index in [1.165, 1.54) is 5.06 Å². The van der Waals surface area contributed by atoms with Crippen molar-refractivity contribution in [3.05, 3.63) is 17.7 Å². The van der Waals surface area contributed by atoms with Gasteiger partial charge in [-0.05, 0) is 42.9 Å². The van der Waals surface area contributed by atoms with Gasteiger partial charge in [0.1, 0.15) is 0 Å². The summed E-state index contributed by atoms with van der Waals surface area (Å²) in [6.07, 6.45) is 4.34. The molecule has 1 amide bonds. The van der Waals surface area contributed by atoms with Crippen molar-refractivity contribution < 1.29 is 33.7 Å². The van der Waals surface area contributed by atoms with Crippen molar-refractivity contribution >= 4 is 11.9 Å². The third-order valence-corrected chi connectivity index (χ3v) is 7.06. The number of rotatable bonds is 14. The Kier molecular flexibility index (Phi) is 10.2. The van der Waals surface area contributed by atoms with Gasteiger partial charge in [-0.1, -0.05) is 40.5 Å².